The average molecular weight is 278 g/mol. The van der Waals surface area contributed by atoms with Crippen LogP contribution in [0.3, 0.4) is 0 Å². The molecule has 0 fully saturated rings. The van der Waals surface area contributed by atoms with Crippen LogP contribution in [0.25, 0.3) is 6.08 Å². The van der Waals surface area contributed by atoms with Crippen LogP contribution in [-0.4, -0.2) is 14.7 Å². The summed E-state index contributed by atoms with van der Waals surface area (Å²) in [6, 6.07) is 0. The molecule has 1 aliphatic rings. The second kappa shape index (κ2) is 5.71. The fraction of sp³-hybridized carbons (Fsp3) is 0.231. The number of allylic oxidation sites excluding steroid dienone is 3. The third kappa shape index (κ3) is 2.85. The fourth-order valence-electron chi connectivity index (χ4n) is 1.76. The molecule has 0 saturated carbocycles. The third-order valence-corrected chi connectivity index (χ3v) is 3.02. The lowest BCUT2D eigenvalue weighted by Crippen LogP contribution is -2.16. The van der Waals surface area contributed by atoms with Gasteiger partial charge in [-0.2, -0.15) is 0 Å². The number of nitrogens with one attached hydrogen (secondary N) is 1. The molecule has 6 heteroatoms. The molecule has 2 rings (SSSR count). The van der Waals surface area contributed by atoms with E-state index in [0.717, 1.165) is 6.42 Å². The summed E-state index contributed by atoms with van der Waals surface area (Å²) in [5.74, 6) is 0.449. The van der Waals surface area contributed by atoms with Crippen LogP contribution in [0.2, 0.25) is 0 Å². The van der Waals surface area contributed by atoms with Crippen molar-refractivity contribution in [3.63, 3.8) is 0 Å². The number of H-pyrrole nitrogens is 1. The van der Waals surface area contributed by atoms with E-state index in [1.807, 2.05) is 6.08 Å². The van der Waals surface area contributed by atoms with Gasteiger partial charge in [0.15, 0.2) is 4.77 Å². The summed E-state index contributed by atoms with van der Waals surface area (Å²) in [5, 5.41) is 10.1. The van der Waals surface area contributed by atoms with Crippen molar-refractivity contribution in [2.24, 2.45) is 0 Å². The second-order valence-corrected chi connectivity index (χ2v) is 4.42. The van der Waals surface area contributed by atoms with E-state index in [4.69, 9.17) is 17.0 Å². The first-order valence-electron chi connectivity index (χ1n) is 5.82. The molecule has 0 bridgehead atoms. The van der Waals surface area contributed by atoms with Crippen molar-refractivity contribution >= 4 is 18.3 Å². The van der Waals surface area contributed by atoms with Crippen LogP contribution in [-0.2, 0) is 11.3 Å². The Bertz CT molecular complexity index is 667. The minimum atomic E-state index is -0.437. The first-order chi connectivity index (χ1) is 9.13. The Labute approximate surface area is 115 Å². The molecule has 19 heavy (non-hydrogen) atoms. The Kier molecular flexibility index (Phi) is 4.01. The van der Waals surface area contributed by atoms with Crippen molar-refractivity contribution in [1.82, 2.24) is 9.55 Å². The predicted octanol–water partition coefficient (Wildman–Crippen LogP) is 2.46. The smallest absolute Gasteiger partial charge is 0.262 e. The summed E-state index contributed by atoms with van der Waals surface area (Å²) in [6.07, 6.45) is 8.12. The van der Waals surface area contributed by atoms with Gasteiger partial charge in [0.25, 0.3) is 5.56 Å². The van der Waals surface area contributed by atoms with Gasteiger partial charge in [0.1, 0.15) is 11.3 Å². The lowest BCUT2D eigenvalue weighted by Gasteiger charge is -2.12. The van der Waals surface area contributed by atoms with Crippen LogP contribution in [0.1, 0.15) is 18.4 Å². The number of hydrogen-bond donors (Lipinski definition) is 2. The zero-order valence-electron chi connectivity index (χ0n) is 10.3. The molecule has 0 atom stereocenters. The molecule has 0 radical (unpaired) electrons. The van der Waals surface area contributed by atoms with Crippen LogP contribution in [0.4, 0.5) is 0 Å². The highest BCUT2D eigenvalue weighted by molar-refractivity contribution is 7.71. The number of rotatable bonds is 3. The van der Waals surface area contributed by atoms with Gasteiger partial charge in [-0.05, 0) is 30.8 Å². The molecule has 0 unspecified atom stereocenters. The van der Waals surface area contributed by atoms with Crippen LogP contribution in [0.5, 0.6) is 5.88 Å². The van der Waals surface area contributed by atoms with Crippen molar-refractivity contribution < 1.29 is 9.84 Å². The number of ether oxygens (including phenoxy) is 1. The highest BCUT2D eigenvalue weighted by Crippen LogP contribution is 2.21. The minimum Gasteiger partial charge on any atom is -0.494 e. The molecule has 2 heterocycles. The van der Waals surface area contributed by atoms with Gasteiger partial charge >= 0.3 is 0 Å². The van der Waals surface area contributed by atoms with E-state index >= 15 is 0 Å². The van der Waals surface area contributed by atoms with E-state index in [1.165, 1.54) is 10.6 Å². The largest absolute Gasteiger partial charge is 0.494 e. The van der Waals surface area contributed by atoms with Gasteiger partial charge in [-0.3, -0.25) is 14.3 Å². The number of hydrogen-bond acceptors (Lipinski definition) is 4. The number of nitrogens with zero attached hydrogens (tertiary/aromatic N) is 1. The summed E-state index contributed by atoms with van der Waals surface area (Å²) in [6.45, 7) is 3.90. The number of aromatic hydroxyl groups is 1. The zero-order valence-corrected chi connectivity index (χ0v) is 11.1. The molecular weight excluding hydrogens is 264 g/mol. The predicted molar refractivity (Wildman–Crippen MR) is 75.2 cm³/mol. The maximum Gasteiger partial charge on any atom is 0.262 e. The average Bonchev–Trinajstić information content (AvgIpc) is 2.41. The van der Waals surface area contributed by atoms with E-state index in [9.17, 15) is 9.90 Å². The van der Waals surface area contributed by atoms with Gasteiger partial charge in [0.2, 0.25) is 5.88 Å². The normalized spacial score (nSPS) is 16.3. The number of aromatic amines is 1. The van der Waals surface area contributed by atoms with Crippen molar-refractivity contribution in [3.8, 4) is 5.88 Å². The Morgan fingerprint density at radius 1 is 1.63 bits per heavy atom. The molecule has 5 nitrogen and oxygen atoms in total. The van der Waals surface area contributed by atoms with Crippen molar-refractivity contribution in [2.45, 2.75) is 19.4 Å². The number of aromatic nitrogens is 2. The van der Waals surface area contributed by atoms with Crippen molar-refractivity contribution in [1.29, 1.82) is 0 Å². The van der Waals surface area contributed by atoms with E-state index in [0.29, 0.717) is 18.7 Å². The topological polar surface area (TPSA) is 67.2 Å². The maximum absolute atomic E-state index is 11.9. The molecule has 0 aliphatic carbocycles. The van der Waals surface area contributed by atoms with Crippen LogP contribution in [0, 0.1) is 4.77 Å². The Morgan fingerprint density at radius 2 is 2.42 bits per heavy atom. The Hall–Kier alpha value is -2.08. The standard InChI is InChI=1S/C13H14N2O3S/c1-2-6-15-12(17)10(11(16)14-13(15)19)8-9-5-3-4-7-18-9/h2,4,7-8,17H,1,3,5-6H2,(H,14,16,19). The quantitative estimate of drug-likeness (QED) is 0.658. The molecule has 100 valence electrons. The maximum atomic E-state index is 11.9. The molecule has 0 spiro atoms. The molecule has 1 aliphatic heterocycles. The minimum absolute atomic E-state index is 0.140. The van der Waals surface area contributed by atoms with Gasteiger partial charge in [-0.15, -0.1) is 6.58 Å². The lowest BCUT2D eigenvalue weighted by molar-refractivity contribution is 0.322. The Morgan fingerprint density at radius 3 is 3.05 bits per heavy atom. The van der Waals surface area contributed by atoms with Gasteiger partial charge in [0.05, 0.1) is 6.26 Å². The highest BCUT2D eigenvalue weighted by atomic mass is 32.1. The van der Waals surface area contributed by atoms with Crippen LogP contribution >= 0.6 is 12.2 Å². The third-order valence-electron chi connectivity index (χ3n) is 2.70. The van der Waals surface area contributed by atoms with Gasteiger partial charge in [-0.1, -0.05) is 6.08 Å². The van der Waals surface area contributed by atoms with E-state index in [-0.39, 0.29) is 16.2 Å². The SMILES string of the molecule is C=CCn1c(O)c(C=C2CCC=CO2)c(=O)[nH]c1=S. The molecule has 0 saturated heterocycles. The summed E-state index contributed by atoms with van der Waals surface area (Å²) < 4.78 is 6.84. The summed E-state index contributed by atoms with van der Waals surface area (Å²) in [5.41, 5.74) is -0.297. The van der Waals surface area contributed by atoms with Crippen molar-refractivity contribution in [2.75, 3.05) is 0 Å². The first kappa shape index (κ1) is 13.4. The van der Waals surface area contributed by atoms with E-state index in [1.54, 1.807) is 12.3 Å². The van der Waals surface area contributed by atoms with Crippen LogP contribution < -0.4 is 5.56 Å². The molecule has 2 N–H and O–H groups in total. The molecule has 0 aromatic carbocycles. The van der Waals surface area contributed by atoms with Crippen molar-refractivity contribution in [3.05, 3.63) is 51.4 Å². The second-order valence-electron chi connectivity index (χ2n) is 4.03. The van der Waals surface area contributed by atoms with Gasteiger partial charge in [0, 0.05) is 13.0 Å². The molecular formula is C13H14N2O3S. The molecule has 1 aromatic heterocycles. The first-order valence-corrected chi connectivity index (χ1v) is 6.23. The monoisotopic (exact) mass is 278 g/mol. The molecule has 0 amide bonds. The summed E-state index contributed by atoms with van der Waals surface area (Å²) in [7, 11) is 0. The lowest BCUT2D eigenvalue weighted by atomic mass is 10.2. The van der Waals surface area contributed by atoms with E-state index in [2.05, 4.69) is 11.6 Å². The van der Waals surface area contributed by atoms with E-state index < -0.39 is 5.56 Å². The van der Waals surface area contributed by atoms with Crippen LogP contribution in [0.15, 0.2) is 35.5 Å². The van der Waals surface area contributed by atoms with Gasteiger partial charge < -0.3 is 9.84 Å². The Balaban J connectivity index is 2.54. The zero-order chi connectivity index (χ0) is 13.8. The molecule has 1 aromatic rings. The fourth-order valence-corrected chi connectivity index (χ4v) is 2.01. The van der Waals surface area contributed by atoms with Gasteiger partial charge in [-0.25, -0.2) is 0 Å². The summed E-state index contributed by atoms with van der Waals surface area (Å²) >= 11 is 4.99. The highest BCUT2D eigenvalue weighted by Gasteiger charge is 2.12. The summed E-state index contributed by atoms with van der Waals surface area (Å²) in [4.78, 5) is 14.4.